The molecule has 0 fully saturated rings. The number of para-hydroxylation sites is 1. The van der Waals surface area contributed by atoms with Crippen LogP contribution in [0.3, 0.4) is 0 Å². The van der Waals surface area contributed by atoms with Gasteiger partial charge in [0.05, 0.1) is 6.54 Å². The van der Waals surface area contributed by atoms with Crippen LogP contribution in [0, 0.1) is 0 Å². The number of carbonyl (C=O) groups is 1. The molecule has 1 heterocycles. The molecular formula is C10H9NO2. The molecule has 3 nitrogen and oxygen atoms in total. The van der Waals surface area contributed by atoms with E-state index in [0.717, 1.165) is 17.7 Å². The molecule has 1 amide bonds. The van der Waals surface area contributed by atoms with Crippen LogP contribution in [0.15, 0.2) is 36.7 Å². The molecule has 0 bridgehead atoms. The Hall–Kier alpha value is -1.77. The lowest BCUT2D eigenvalue weighted by Gasteiger charge is -2.09. The van der Waals surface area contributed by atoms with Crippen molar-refractivity contribution in [3.05, 3.63) is 42.3 Å². The predicted molar refractivity (Wildman–Crippen MR) is 47.8 cm³/mol. The molecule has 0 saturated heterocycles. The van der Waals surface area contributed by atoms with E-state index in [-0.39, 0.29) is 0 Å². The van der Waals surface area contributed by atoms with Crippen molar-refractivity contribution in [2.45, 2.75) is 6.54 Å². The maximum atomic E-state index is 10.5. The summed E-state index contributed by atoms with van der Waals surface area (Å²) in [6.45, 7) is 0.566. The van der Waals surface area contributed by atoms with Gasteiger partial charge in [0.2, 0.25) is 6.41 Å². The van der Waals surface area contributed by atoms with E-state index in [2.05, 4.69) is 0 Å². The van der Waals surface area contributed by atoms with Crippen LogP contribution < -0.4 is 4.74 Å². The van der Waals surface area contributed by atoms with E-state index in [1.165, 1.54) is 11.2 Å². The molecule has 1 aromatic rings. The van der Waals surface area contributed by atoms with E-state index in [4.69, 9.17) is 4.74 Å². The predicted octanol–water partition coefficient (Wildman–Crippen LogP) is 1.51. The summed E-state index contributed by atoms with van der Waals surface area (Å²) in [6.07, 6.45) is 3.91. The minimum Gasteiger partial charge on any atom is -0.463 e. The molecule has 0 aliphatic carbocycles. The normalized spacial score (nSPS) is 14.3. The van der Waals surface area contributed by atoms with Crippen molar-refractivity contribution in [3.8, 4) is 5.75 Å². The first kappa shape index (κ1) is 7.86. The molecule has 13 heavy (non-hydrogen) atoms. The summed E-state index contributed by atoms with van der Waals surface area (Å²) in [6, 6.07) is 7.66. The Kier molecular flexibility index (Phi) is 2.00. The minimum atomic E-state index is 0.566. The quantitative estimate of drug-likeness (QED) is 0.605. The number of benzene rings is 1. The van der Waals surface area contributed by atoms with Gasteiger partial charge in [-0.1, -0.05) is 18.2 Å². The number of carbonyl (C=O) groups excluding carboxylic acids is 1. The van der Waals surface area contributed by atoms with Crippen molar-refractivity contribution in [1.82, 2.24) is 4.90 Å². The molecule has 1 aliphatic heterocycles. The van der Waals surface area contributed by atoms with Gasteiger partial charge in [-0.2, -0.15) is 0 Å². The van der Waals surface area contributed by atoms with E-state index < -0.39 is 0 Å². The Balaban J connectivity index is 2.35. The first-order valence-electron chi connectivity index (χ1n) is 4.02. The molecule has 0 spiro atoms. The number of hydrogen-bond acceptors (Lipinski definition) is 2. The Morgan fingerprint density at radius 2 is 2.23 bits per heavy atom. The zero-order chi connectivity index (χ0) is 9.10. The summed E-state index contributed by atoms with van der Waals surface area (Å²) >= 11 is 0. The number of amides is 1. The second kappa shape index (κ2) is 3.31. The van der Waals surface area contributed by atoms with Gasteiger partial charge in [-0.05, 0) is 6.07 Å². The van der Waals surface area contributed by atoms with Gasteiger partial charge < -0.3 is 9.64 Å². The molecule has 1 aromatic carbocycles. The van der Waals surface area contributed by atoms with Crippen molar-refractivity contribution in [1.29, 1.82) is 0 Å². The van der Waals surface area contributed by atoms with Crippen LogP contribution in [0.5, 0.6) is 5.75 Å². The highest BCUT2D eigenvalue weighted by molar-refractivity contribution is 5.50. The molecule has 1 aliphatic rings. The number of hydrogen-bond donors (Lipinski definition) is 0. The Labute approximate surface area is 76.2 Å². The highest BCUT2D eigenvalue weighted by Crippen LogP contribution is 2.21. The smallest absolute Gasteiger partial charge is 0.214 e. The van der Waals surface area contributed by atoms with Gasteiger partial charge >= 0.3 is 0 Å². The molecule has 2 rings (SSSR count). The Bertz CT molecular complexity index is 347. The maximum Gasteiger partial charge on any atom is 0.214 e. The second-order valence-corrected chi connectivity index (χ2v) is 2.79. The fourth-order valence-corrected chi connectivity index (χ4v) is 1.25. The van der Waals surface area contributed by atoms with Crippen molar-refractivity contribution < 1.29 is 9.53 Å². The summed E-state index contributed by atoms with van der Waals surface area (Å²) in [7, 11) is 0. The van der Waals surface area contributed by atoms with Gasteiger partial charge in [0, 0.05) is 11.8 Å². The Morgan fingerprint density at radius 3 is 3.08 bits per heavy atom. The van der Waals surface area contributed by atoms with E-state index in [1.54, 1.807) is 6.20 Å². The van der Waals surface area contributed by atoms with Crippen LogP contribution in [-0.2, 0) is 11.3 Å². The SMILES string of the molecule is O=CN1C=COc2ccccc2C1. The summed E-state index contributed by atoms with van der Waals surface area (Å²) in [5.41, 5.74) is 1.01. The molecule has 0 radical (unpaired) electrons. The van der Waals surface area contributed by atoms with Crippen LogP contribution in [0.25, 0.3) is 0 Å². The number of fused-ring (bicyclic) bond motifs is 1. The molecule has 3 heteroatoms. The van der Waals surface area contributed by atoms with Crippen LogP contribution in [0.1, 0.15) is 5.56 Å². The average molecular weight is 175 g/mol. The van der Waals surface area contributed by atoms with Crippen molar-refractivity contribution in [3.63, 3.8) is 0 Å². The lowest BCUT2D eigenvalue weighted by atomic mass is 10.2. The van der Waals surface area contributed by atoms with E-state index in [9.17, 15) is 4.79 Å². The lowest BCUT2D eigenvalue weighted by Crippen LogP contribution is -2.12. The zero-order valence-corrected chi connectivity index (χ0v) is 7.01. The third-order valence-electron chi connectivity index (χ3n) is 1.91. The first-order valence-corrected chi connectivity index (χ1v) is 4.02. The molecule has 0 N–H and O–H groups in total. The van der Waals surface area contributed by atoms with Gasteiger partial charge in [-0.15, -0.1) is 0 Å². The average Bonchev–Trinajstić information content (AvgIpc) is 2.38. The molecule has 0 saturated carbocycles. The number of ether oxygens (including phenoxy) is 1. The maximum absolute atomic E-state index is 10.5. The van der Waals surface area contributed by atoms with E-state index in [1.807, 2.05) is 24.3 Å². The van der Waals surface area contributed by atoms with Crippen molar-refractivity contribution in [2.75, 3.05) is 0 Å². The van der Waals surface area contributed by atoms with Gasteiger partial charge in [0.25, 0.3) is 0 Å². The zero-order valence-electron chi connectivity index (χ0n) is 7.01. The van der Waals surface area contributed by atoms with Gasteiger partial charge in [0.1, 0.15) is 12.0 Å². The van der Waals surface area contributed by atoms with Crippen LogP contribution in [0.4, 0.5) is 0 Å². The molecular weight excluding hydrogens is 166 g/mol. The summed E-state index contributed by atoms with van der Waals surface area (Å²) in [4.78, 5) is 12.1. The topological polar surface area (TPSA) is 29.5 Å². The fraction of sp³-hybridized carbons (Fsp3) is 0.100. The van der Waals surface area contributed by atoms with Crippen molar-refractivity contribution in [2.24, 2.45) is 0 Å². The largest absolute Gasteiger partial charge is 0.463 e. The van der Waals surface area contributed by atoms with Gasteiger partial charge in [-0.25, -0.2) is 0 Å². The fourth-order valence-electron chi connectivity index (χ4n) is 1.25. The number of rotatable bonds is 1. The first-order chi connectivity index (χ1) is 6.40. The number of nitrogens with zero attached hydrogens (tertiary/aromatic N) is 1. The van der Waals surface area contributed by atoms with E-state index >= 15 is 0 Å². The third-order valence-corrected chi connectivity index (χ3v) is 1.91. The van der Waals surface area contributed by atoms with Crippen LogP contribution in [-0.4, -0.2) is 11.3 Å². The Morgan fingerprint density at radius 1 is 1.38 bits per heavy atom. The molecule has 0 atom stereocenters. The molecule has 66 valence electrons. The van der Waals surface area contributed by atoms with Crippen LogP contribution >= 0.6 is 0 Å². The second-order valence-electron chi connectivity index (χ2n) is 2.79. The molecule has 0 unspecified atom stereocenters. The van der Waals surface area contributed by atoms with Gasteiger partial charge in [-0.3, -0.25) is 4.79 Å². The highest BCUT2D eigenvalue weighted by Gasteiger charge is 2.08. The summed E-state index contributed by atoms with van der Waals surface area (Å²) in [5, 5.41) is 0. The summed E-state index contributed by atoms with van der Waals surface area (Å²) in [5.74, 6) is 0.808. The van der Waals surface area contributed by atoms with Gasteiger partial charge in [0.15, 0.2) is 0 Å². The minimum absolute atomic E-state index is 0.566. The highest BCUT2D eigenvalue weighted by atomic mass is 16.5. The molecule has 0 aromatic heterocycles. The van der Waals surface area contributed by atoms with Crippen LogP contribution in [0.2, 0.25) is 0 Å². The third kappa shape index (κ3) is 1.54. The lowest BCUT2D eigenvalue weighted by molar-refractivity contribution is -0.116. The standard InChI is InChI=1S/C10H9NO2/c12-8-11-5-6-13-10-4-2-1-3-9(10)7-11/h1-6,8H,7H2. The summed E-state index contributed by atoms with van der Waals surface area (Å²) < 4.78 is 5.30. The van der Waals surface area contributed by atoms with E-state index in [0.29, 0.717) is 6.54 Å². The van der Waals surface area contributed by atoms with Crippen molar-refractivity contribution >= 4 is 6.41 Å². The monoisotopic (exact) mass is 175 g/mol.